The number of aryl methyl sites for hydroxylation is 2. The minimum atomic E-state index is 0.957. The topological polar surface area (TPSA) is 33.6 Å². The third-order valence-corrected chi connectivity index (χ3v) is 4.27. The highest BCUT2D eigenvalue weighted by atomic mass is 15.3. The highest BCUT2D eigenvalue weighted by Gasteiger charge is 2.23. The van der Waals surface area contributed by atoms with E-state index in [0.717, 1.165) is 18.5 Å². The minimum absolute atomic E-state index is 0.957. The molecule has 4 aromatic rings. The number of aromatic nitrogens is 3. The predicted octanol–water partition coefficient (Wildman–Crippen LogP) is 3.74. The maximum Gasteiger partial charge on any atom is 0.0930 e. The van der Waals surface area contributed by atoms with Crippen LogP contribution in [-0.2, 0) is 13.0 Å². The number of nitrogens with zero attached hydrogens (tertiary/aromatic N) is 2. The lowest BCUT2D eigenvalue weighted by molar-refractivity contribution is 0.614. The van der Waals surface area contributed by atoms with Gasteiger partial charge in [0.05, 0.1) is 16.9 Å². The van der Waals surface area contributed by atoms with Gasteiger partial charge in [0.15, 0.2) is 0 Å². The number of aromatic amines is 1. The summed E-state index contributed by atoms with van der Waals surface area (Å²) in [7, 11) is 0. The first-order valence-electron chi connectivity index (χ1n) is 6.97. The van der Waals surface area contributed by atoms with Gasteiger partial charge < -0.3 is 4.98 Å². The Kier molecular flexibility index (Phi) is 1.80. The lowest BCUT2D eigenvalue weighted by Gasteiger charge is -2.14. The molecule has 0 saturated heterocycles. The normalized spacial score (nSPS) is 13.6. The van der Waals surface area contributed by atoms with Gasteiger partial charge in [-0.05, 0) is 24.1 Å². The molecule has 0 fully saturated rings. The zero-order valence-corrected chi connectivity index (χ0v) is 10.9. The van der Waals surface area contributed by atoms with Gasteiger partial charge in [-0.2, -0.15) is 5.10 Å². The van der Waals surface area contributed by atoms with Crippen molar-refractivity contribution >= 4 is 21.8 Å². The van der Waals surface area contributed by atoms with Gasteiger partial charge in [0.2, 0.25) is 0 Å². The molecule has 0 amide bonds. The van der Waals surface area contributed by atoms with Crippen LogP contribution in [0.25, 0.3) is 33.2 Å². The van der Waals surface area contributed by atoms with E-state index in [4.69, 9.17) is 5.10 Å². The lowest BCUT2D eigenvalue weighted by atomic mass is 10.0. The lowest BCUT2D eigenvalue weighted by Crippen LogP contribution is -2.11. The Morgan fingerprint density at radius 1 is 0.950 bits per heavy atom. The second kappa shape index (κ2) is 3.51. The summed E-state index contributed by atoms with van der Waals surface area (Å²) >= 11 is 0. The fourth-order valence-electron chi connectivity index (χ4n) is 3.39. The number of fused-ring (bicyclic) bond motifs is 7. The van der Waals surface area contributed by atoms with Crippen LogP contribution in [0.3, 0.4) is 0 Å². The highest BCUT2D eigenvalue weighted by Crippen LogP contribution is 2.37. The predicted molar refractivity (Wildman–Crippen MR) is 80.7 cm³/mol. The number of rotatable bonds is 0. The summed E-state index contributed by atoms with van der Waals surface area (Å²) in [5, 5.41) is 7.30. The van der Waals surface area contributed by atoms with Crippen molar-refractivity contribution in [1.29, 1.82) is 0 Å². The Balaban J connectivity index is 1.95. The fourth-order valence-corrected chi connectivity index (χ4v) is 3.39. The maximum atomic E-state index is 4.72. The molecule has 5 rings (SSSR count). The number of benzene rings is 2. The maximum absolute atomic E-state index is 4.72. The Morgan fingerprint density at radius 3 is 2.70 bits per heavy atom. The Bertz CT molecular complexity index is 959. The van der Waals surface area contributed by atoms with Crippen molar-refractivity contribution in [1.82, 2.24) is 14.8 Å². The van der Waals surface area contributed by atoms with Crippen LogP contribution >= 0.6 is 0 Å². The van der Waals surface area contributed by atoms with E-state index in [1.807, 2.05) is 6.07 Å². The van der Waals surface area contributed by atoms with Gasteiger partial charge in [0.1, 0.15) is 0 Å². The van der Waals surface area contributed by atoms with Gasteiger partial charge >= 0.3 is 0 Å². The first kappa shape index (κ1) is 10.3. The number of hydrogen-bond donors (Lipinski definition) is 1. The first-order valence-corrected chi connectivity index (χ1v) is 6.97. The molecule has 0 spiro atoms. The zero-order valence-electron chi connectivity index (χ0n) is 10.9. The van der Waals surface area contributed by atoms with Gasteiger partial charge in [-0.15, -0.1) is 0 Å². The minimum Gasteiger partial charge on any atom is -0.353 e. The second-order valence-electron chi connectivity index (χ2n) is 5.36. The molecular weight excluding hydrogens is 246 g/mol. The van der Waals surface area contributed by atoms with E-state index < -0.39 is 0 Å². The Labute approximate surface area is 115 Å². The number of hydrogen-bond acceptors (Lipinski definition) is 1. The van der Waals surface area contributed by atoms with Gasteiger partial charge in [-0.25, -0.2) is 0 Å². The SMILES string of the molecule is c1ccc2c3n(nc2c1)CCc1c-3[nH]c2ccccc12. The summed E-state index contributed by atoms with van der Waals surface area (Å²) in [6.45, 7) is 0.957. The molecule has 3 heterocycles. The molecule has 0 saturated carbocycles. The molecule has 0 unspecified atom stereocenters. The molecule has 3 nitrogen and oxygen atoms in total. The Morgan fingerprint density at radius 2 is 1.75 bits per heavy atom. The third kappa shape index (κ3) is 1.17. The molecule has 20 heavy (non-hydrogen) atoms. The van der Waals surface area contributed by atoms with Gasteiger partial charge in [0, 0.05) is 22.8 Å². The zero-order chi connectivity index (χ0) is 13.1. The summed E-state index contributed by atoms with van der Waals surface area (Å²) in [6.07, 6.45) is 1.04. The van der Waals surface area contributed by atoms with Crippen molar-refractivity contribution in [2.45, 2.75) is 13.0 Å². The number of para-hydroxylation sites is 1. The molecule has 1 N–H and O–H groups in total. The van der Waals surface area contributed by atoms with E-state index in [9.17, 15) is 0 Å². The second-order valence-corrected chi connectivity index (χ2v) is 5.36. The van der Waals surface area contributed by atoms with Crippen LogP contribution < -0.4 is 0 Å². The fraction of sp³-hybridized carbons (Fsp3) is 0.118. The van der Waals surface area contributed by atoms with E-state index in [0.29, 0.717) is 0 Å². The van der Waals surface area contributed by atoms with E-state index >= 15 is 0 Å². The van der Waals surface area contributed by atoms with Crippen LogP contribution in [0, 0.1) is 0 Å². The average Bonchev–Trinajstić information content (AvgIpc) is 3.04. The molecule has 0 radical (unpaired) electrons. The highest BCUT2D eigenvalue weighted by molar-refractivity contribution is 5.99. The van der Waals surface area contributed by atoms with Crippen LogP contribution in [0.4, 0.5) is 0 Å². The number of H-pyrrole nitrogens is 1. The molecule has 0 aliphatic carbocycles. The van der Waals surface area contributed by atoms with Crippen LogP contribution in [0.1, 0.15) is 5.56 Å². The molecular formula is C17H13N3. The molecule has 0 bridgehead atoms. The van der Waals surface area contributed by atoms with Gasteiger partial charge in [0.25, 0.3) is 0 Å². The third-order valence-electron chi connectivity index (χ3n) is 4.27. The van der Waals surface area contributed by atoms with Crippen LogP contribution in [0.2, 0.25) is 0 Å². The van der Waals surface area contributed by atoms with Crippen molar-refractivity contribution in [3.63, 3.8) is 0 Å². The average molecular weight is 259 g/mol. The van der Waals surface area contributed by atoms with Crippen LogP contribution in [0.5, 0.6) is 0 Å². The molecule has 1 aliphatic heterocycles. The number of nitrogens with one attached hydrogen (secondary N) is 1. The van der Waals surface area contributed by atoms with E-state index in [1.165, 1.54) is 33.2 Å². The Hall–Kier alpha value is -2.55. The summed E-state index contributed by atoms with van der Waals surface area (Å²) in [5.74, 6) is 0. The summed E-state index contributed by atoms with van der Waals surface area (Å²) in [5.41, 5.74) is 6.20. The van der Waals surface area contributed by atoms with Crippen molar-refractivity contribution in [2.75, 3.05) is 0 Å². The first-order chi connectivity index (χ1) is 9.92. The summed E-state index contributed by atoms with van der Waals surface area (Å²) in [6, 6.07) is 16.9. The molecule has 2 aromatic carbocycles. The molecule has 2 aromatic heterocycles. The summed E-state index contributed by atoms with van der Waals surface area (Å²) < 4.78 is 2.14. The van der Waals surface area contributed by atoms with E-state index in [2.05, 4.69) is 52.1 Å². The molecule has 3 heteroatoms. The summed E-state index contributed by atoms with van der Waals surface area (Å²) in [4.78, 5) is 3.59. The van der Waals surface area contributed by atoms with Crippen molar-refractivity contribution in [2.24, 2.45) is 0 Å². The van der Waals surface area contributed by atoms with Crippen LogP contribution in [0.15, 0.2) is 48.5 Å². The molecule has 1 aliphatic rings. The van der Waals surface area contributed by atoms with Crippen molar-refractivity contribution < 1.29 is 0 Å². The standard InChI is InChI=1S/C17H13N3/c1-3-7-14-11(5-1)12-9-10-20-17(16(12)18-14)13-6-2-4-8-15(13)19-20/h1-8,18H,9-10H2. The molecule has 96 valence electrons. The molecule has 0 atom stereocenters. The van der Waals surface area contributed by atoms with Gasteiger partial charge in [-0.3, -0.25) is 4.68 Å². The van der Waals surface area contributed by atoms with Crippen molar-refractivity contribution in [3.05, 3.63) is 54.1 Å². The van der Waals surface area contributed by atoms with Crippen molar-refractivity contribution in [3.8, 4) is 11.4 Å². The quantitative estimate of drug-likeness (QED) is 0.513. The van der Waals surface area contributed by atoms with Gasteiger partial charge in [-0.1, -0.05) is 36.4 Å². The largest absolute Gasteiger partial charge is 0.353 e. The van der Waals surface area contributed by atoms with E-state index in [1.54, 1.807) is 0 Å². The monoisotopic (exact) mass is 259 g/mol. The van der Waals surface area contributed by atoms with E-state index in [-0.39, 0.29) is 0 Å². The van der Waals surface area contributed by atoms with Crippen LogP contribution in [-0.4, -0.2) is 14.8 Å². The smallest absolute Gasteiger partial charge is 0.0930 e.